The van der Waals surface area contributed by atoms with Crippen LogP contribution in [-0.4, -0.2) is 8.42 Å². The summed E-state index contributed by atoms with van der Waals surface area (Å²) in [5, 5.41) is 0. The van der Waals surface area contributed by atoms with Crippen molar-refractivity contribution in [2.45, 2.75) is 11.8 Å². The number of hydrogen-bond acceptors (Lipinski definition) is 2. The zero-order chi connectivity index (χ0) is 14.9. The van der Waals surface area contributed by atoms with Gasteiger partial charge in [0.2, 0.25) is 0 Å². The molecule has 0 heterocycles. The van der Waals surface area contributed by atoms with Crippen LogP contribution in [0.3, 0.4) is 0 Å². The normalized spacial score (nSPS) is 11.4. The van der Waals surface area contributed by atoms with Gasteiger partial charge in [-0.3, -0.25) is 4.72 Å². The molecule has 2 rings (SSSR count). The highest BCUT2D eigenvalue weighted by Gasteiger charge is 2.20. The number of rotatable bonds is 3. The molecule has 0 amide bonds. The summed E-state index contributed by atoms with van der Waals surface area (Å²) in [6.45, 7) is 1.77. The second-order valence-electron chi connectivity index (χ2n) is 4.14. The largest absolute Gasteiger partial charge is 0.279 e. The van der Waals surface area contributed by atoms with Crippen LogP contribution < -0.4 is 4.72 Å². The number of sulfonamides is 1. The molecule has 0 saturated carbocycles. The summed E-state index contributed by atoms with van der Waals surface area (Å²) in [5.74, 6) is -0.806. The van der Waals surface area contributed by atoms with Crippen molar-refractivity contribution in [2.75, 3.05) is 4.72 Å². The van der Waals surface area contributed by atoms with E-state index in [-0.39, 0.29) is 4.90 Å². The number of aryl methyl sites for hydroxylation is 1. The molecule has 3 nitrogen and oxygen atoms in total. The van der Waals surface area contributed by atoms with Crippen LogP contribution in [0.1, 0.15) is 5.56 Å². The Balaban J connectivity index is 2.43. The molecule has 0 aliphatic carbocycles. The maximum absolute atomic E-state index is 13.8. The van der Waals surface area contributed by atoms with E-state index in [9.17, 15) is 12.8 Å². The first-order valence-corrected chi connectivity index (χ1v) is 8.60. The van der Waals surface area contributed by atoms with Gasteiger partial charge in [0.15, 0.2) is 0 Å². The van der Waals surface area contributed by atoms with Gasteiger partial charge in [-0.15, -0.1) is 0 Å². The molecular weight excluding hydrogens is 413 g/mol. The lowest BCUT2D eigenvalue weighted by Crippen LogP contribution is -2.15. The van der Waals surface area contributed by atoms with Crippen LogP contribution in [0, 0.1) is 12.7 Å². The maximum Gasteiger partial charge on any atom is 0.264 e. The predicted octanol–water partition coefficient (Wildman–Crippen LogP) is 4.46. The number of benzene rings is 2. The zero-order valence-electron chi connectivity index (χ0n) is 10.3. The highest BCUT2D eigenvalue weighted by molar-refractivity contribution is 9.10. The van der Waals surface area contributed by atoms with E-state index in [1.165, 1.54) is 12.1 Å². The summed E-state index contributed by atoms with van der Waals surface area (Å²) < 4.78 is 41.8. The number of halogens is 3. The van der Waals surface area contributed by atoms with E-state index in [0.29, 0.717) is 10.2 Å². The summed E-state index contributed by atoms with van der Waals surface area (Å²) >= 11 is 6.36. The molecule has 0 spiro atoms. The van der Waals surface area contributed by atoms with Crippen LogP contribution in [0.2, 0.25) is 0 Å². The minimum absolute atomic E-state index is 0.389. The van der Waals surface area contributed by atoms with E-state index < -0.39 is 15.8 Å². The van der Waals surface area contributed by atoms with E-state index in [1.807, 2.05) is 0 Å². The monoisotopic (exact) mass is 421 g/mol. The minimum Gasteiger partial charge on any atom is -0.279 e. The lowest BCUT2D eigenvalue weighted by molar-refractivity contribution is 0.570. The van der Waals surface area contributed by atoms with Gasteiger partial charge in [0, 0.05) is 8.95 Å². The Morgan fingerprint density at radius 3 is 2.30 bits per heavy atom. The first-order valence-electron chi connectivity index (χ1n) is 5.53. The molecule has 0 aliphatic heterocycles. The molecule has 0 radical (unpaired) electrons. The molecule has 106 valence electrons. The summed E-state index contributed by atoms with van der Waals surface area (Å²) in [6, 6.07) is 9.00. The SMILES string of the molecule is Cc1ccc(Br)cc1NS(=O)(=O)c1ccc(Br)cc1F. The second-order valence-corrected chi connectivity index (χ2v) is 7.62. The quantitative estimate of drug-likeness (QED) is 0.793. The van der Waals surface area contributed by atoms with E-state index in [1.54, 1.807) is 25.1 Å². The van der Waals surface area contributed by atoms with Gasteiger partial charge >= 0.3 is 0 Å². The lowest BCUT2D eigenvalue weighted by atomic mass is 10.2. The Morgan fingerprint density at radius 2 is 1.65 bits per heavy atom. The van der Waals surface area contributed by atoms with Crippen LogP contribution in [0.4, 0.5) is 10.1 Å². The van der Waals surface area contributed by atoms with Crippen molar-refractivity contribution in [3.8, 4) is 0 Å². The number of nitrogens with one attached hydrogen (secondary N) is 1. The van der Waals surface area contributed by atoms with Gasteiger partial charge in [0.25, 0.3) is 10.0 Å². The van der Waals surface area contributed by atoms with Crippen molar-refractivity contribution in [3.05, 3.63) is 56.7 Å². The molecule has 0 atom stereocenters. The molecule has 0 aliphatic rings. The van der Waals surface area contributed by atoms with Crippen LogP contribution in [0.15, 0.2) is 50.2 Å². The Hall–Kier alpha value is -0.920. The third kappa shape index (κ3) is 3.39. The van der Waals surface area contributed by atoms with Gasteiger partial charge in [0.05, 0.1) is 5.69 Å². The zero-order valence-corrected chi connectivity index (χ0v) is 14.3. The van der Waals surface area contributed by atoms with Gasteiger partial charge in [-0.05, 0) is 42.8 Å². The molecule has 1 N–H and O–H groups in total. The molecule has 0 fully saturated rings. The van der Waals surface area contributed by atoms with Crippen molar-refractivity contribution in [1.29, 1.82) is 0 Å². The average molecular weight is 423 g/mol. The van der Waals surface area contributed by atoms with Crippen molar-refractivity contribution in [2.24, 2.45) is 0 Å². The number of anilines is 1. The summed E-state index contributed by atoms with van der Waals surface area (Å²) in [6.07, 6.45) is 0. The molecule has 0 saturated heterocycles. The van der Waals surface area contributed by atoms with Gasteiger partial charge in [0.1, 0.15) is 10.7 Å². The molecule has 20 heavy (non-hydrogen) atoms. The van der Waals surface area contributed by atoms with E-state index in [0.717, 1.165) is 16.1 Å². The Morgan fingerprint density at radius 1 is 1.05 bits per heavy atom. The van der Waals surface area contributed by atoms with E-state index in [4.69, 9.17) is 0 Å². The summed E-state index contributed by atoms with van der Waals surface area (Å²) in [5.41, 5.74) is 1.15. The fraction of sp³-hybridized carbons (Fsp3) is 0.0769. The lowest BCUT2D eigenvalue weighted by Gasteiger charge is -2.11. The fourth-order valence-corrected chi connectivity index (χ4v) is 3.47. The first-order chi connectivity index (χ1) is 9.29. The van der Waals surface area contributed by atoms with E-state index >= 15 is 0 Å². The maximum atomic E-state index is 13.8. The third-order valence-electron chi connectivity index (χ3n) is 2.63. The topological polar surface area (TPSA) is 46.2 Å². The number of hydrogen-bond donors (Lipinski definition) is 1. The van der Waals surface area contributed by atoms with Crippen LogP contribution >= 0.6 is 31.9 Å². The molecular formula is C13H10Br2FNO2S. The van der Waals surface area contributed by atoms with Crippen molar-refractivity contribution < 1.29 is 12.8 Å². The van der Waals surface area contributed by atoms with Crippen LogP contribution in [0.5, 0.6) is 0 Å². The minimum atomic E-state index is -3.97. The third-order valence-corrected chi connectivity index (χ3v) is 5.01. The predicted molar refractivity (Wildman–Crippen MR) is 83.8 cm³/mol. The highest BCUT2D eigenvalue weighted by Crippen LogP contribution is 2.25. The summed E-state index contributed by atoms with van der Waals surface area (Å²) in [4.78, 5) is -0.389. The standard InChI is InChI=1S/C13H10Br2FNO2S/c1-8-2-3-10(15)7-12(8)17-20(18,19)13-5-4-9(14)6-11(13)16/h2-7,17H,1H3. The average Bonchev–Trinajstić information content (AvgIpc) is 2.33. The molecule has 0 aromatic heterocycles. The Bertz CT molecular complexity index is 763. The Labute approximate surface area is 133 Å². The van der Waals surface area contributed by atoms with Gasteiger partial charge < -0.3 is 0 Å². The summed E-state index contributed by atoms with van der Waals surface area (Å²) in [7, 11) is -3.97. The van der Waals surface area contributed by atoms with Gasteiger partial charge in [-0.1, -0.05) is 37.9 Å². The molecule has 0 bridgehead atoms. The fourth-order valence-electron chi connectivity index (χ4n) is 1.60. The van der Waals surface area contributed by atoms with Crippen molar-refractivity contribution >= 4 is 47.6 Å². The Kier molecular flexibility index (Phi) is 4.51. The van der Waals surface area contributed by atoms with Crippen LogP contribution in [0.25, 0.3) is 0 Å². The highest BCUT2D eigenvalue weighted by atomic mass is 79.9. The van der Waals surface area contributed by atoms with Gasteiger partial charge in [-0.25, -0.2) is 12.8 Å². The molecule has 7 heteroatoms. The first kappa shape index (κ1) is 15.5. The smallest absolute Gasteiger partial charge is 0.264 e. The van der Waals surface area contributed by atoms with Crippen LogP contribution in [-0.2, 0) is 10.0 Å². The van der Waals surface area contributed by atoms with Crippen molar-refractivity contribution in [1.82, 2.24) is 0 Å². The van der Waals surface area contributed by atoms with E-state index in [2.05, 4.69) is 36.6 Å². The second kappa shape index (κ2) is 5.83. The molecule has 2 aromatic carbocycles. The van der Waals surface area contributed by atoms with Gasteiger partial charge in [-0.2, -0.15) is 0 Å². The molecule has 0 unspecified atom stereocenters. The van der Waals surface area contributed by atoms with Crippen molar-refractivity contribution in [3.63, 3.8) is 0 Å². The molecule has 2 aromatic rings.